The Balaban J connectivity index is 1.61. The van der Waals surface area contributed by atoms with Crippen molar-refractivity contribution in [3.05, 3.63) is 53.7 Å². The van der Waals surface area contributed by atoms with Crippen LogP contribution in [0.1, 0.15) is 49.5 Å². The number of nitrogens with zero attached hydrogens (tertiary/aromatic N) is 2. The summed E-state index contributed by atoms with van der Waals surface area (Å²) in [7, 11) is -3.45. The maximum Gasteiger partial charge on any atom is 0.244 e. The number of hydrogen-bond donors (Lipinski definition) is 0. The van der Waals surface area contributed by atoms with E-state index in [4.69, 9.17) is 0 Å². The van der Waals surface area contributed by atoms with Crippen molar-refractivity contribution >= 4 is 27.6 Å². The lowest BCUT2D eigenvalue weighted by molar-refractivity contribution is 0.102. The minimum Gasteiger partial charge on any atom is -0.293 e. The summed E-state index contributed by atoms with van der Waals surface area (Å²) < 4.78 is 26.5. The second-order valence-corrected chi connectivity index (χ2v) is 10.9. The fourth-order valence-corrected chi connectivity index (χ4v) is 5.26. The van der Waals surface area contributed by atoms with E-state index in [2.05, 4.69) is 25.8 Å². The molecule has 0 atom stereocenters. The Morgan fingerprint density at radius 1 is 1.07 bits per heavy atom. The van der Waals surface area contributed by atoms with Crippen LogP contribution < -0.4 is 0 Å². The molecular formula is C21H26N2O3S2. The highest BCUT2D eigenvalue weighted by molar-refractivity contribution is 7.99. The van der Waals surface area contributed by atoms with Crippen molar-refractivity contribution in [1.82, 2.24) is 9.29 Å². The van der Waals surface area contributed by atoms with E-state index in [9.17, 15) is 13.2 Å². The Morgan fingerprint density at radius 3 is 2.25 bits per heavy atom. The molecule has 0 radical (unpaired) electrons. The molecule has 28 heavy (non-hydrogen) atoms. The van der Waals surface area contributed by atoms with Crippen molar-refractivity contribution in [1.29, 1.82) is 0 Å². The van der Waals surface area contributed by atoms with Crippen molar-refractivity contribution in [2.75, 3.05) is 18.8 Å². The van der Waals surface area contributed by atoms with E-state index >= 15 is 0 Å². The van der Waals surface area contributed by atoms with Crippen molar-refractivity contribution in [2.45, 2.75) is 48.9 Å². The third-order valence-electron chi connectivity index (χ3n) is 4.84. The van der Waals surface area contributed by atoms with E-state index < -0.39 is 10.0 Å². The number of carbonyl (C=O) groups excluding carboxylic acids is 1. The van der Waals surface area contributed by atoms with Gasteiger partial charge in [0.05, 0.1) is 10.8 Å². The molecule has 0 saturated carbocycles. The molecule has 0 bridgehead atoms. The molecule has 1 aliphatic heterocycles. The summed E-state index contributed by atoms with van der Waals surface area (Å²) in [5.74, 6) is 0.293. The number of rotatable bonds is 6. The lowest BCUT2D eigenvalue weighted by Gasteiger charge is -2.18. The molecule has 1 aliphatic rings. The Hall–Kier alpha value is -1.70. The van der Waals surface area contributed by atoms with E-state index in [1.165, 1.54) is 27.8 Å². The van der Waals surface area contributed by atoms with E-state index in [0.717, 1.165) is 12.8 Å². The summed E-state index contributed by atoms with van der Waals surface area (Å²) in [6, 6.07) is 11.0. The Kier molecular flexibility index (Phi) is 6.27. The van der Waals surface area contributed by atoms with Crippen LogP contribution in [-0.4, -0.2) is 42.3 Å². The molecule has 7 heteroatoms. The van der Waals surface area contributed by atoms with Crippen LogP contribution in [0.5, 0.6) is 0 Å². The van der Waals surface area contributed by atoms with Crippen LogP contribution in [0.4, 0.5) is 0 Å². The summed E-state index contributed by atoms with van der Waals surface area (Å²) in [4.78, 5) is 16.9. The zero-order valence-corrected chi connectivity index (χ0v) is 18.1. The first-order chi connectivity index (χ1) is 13.2. The Labute approximate surface area is 171 Å². The van der Waals surface area contributed by atoms with Gasteiger partial charge in [-0.3, -0.25) is 4.79 Å². The van der Waals surface area contributed by atoms with Gasteiger partial charge in [0, 0.05) is 24.8 Å². The number of aromatic nitrogens is 1. The fraction of sp³-hybridized carbons (Fsp3) is 0.429. The number of hydrogen-bond acceptors (Lipinski definition) is 5. The molecule has 0 spiro atoms. The Bertz CT molecular complexity index is 925. The van der Waals surface area contributed by atoms with E-state index in [1.54, 1.807) is 12.1 Å². The van der Waals surface area contributed by atoms with Gasteiger partial charge in [0.1, 0.15) is 4.90 Å². The Morgan fingerprint density at radius 2 is 1.71 bits per heavy atom. The lowest BCUT2D eigenvalue weighted by Crippen LogP contribution is -2.27. The van der Waals surface area contributed by atoms with E-state index in [0.29, 0.717) is 23.7 Å². The van der Waals surface area contributed by atoms with Crippen molar-refractivity contribution in [3.63, 3.8) is 0 Å². The number of Topliss-reactive ketones (excluding diaryl/α,β-unsaturated/α-hetero) is 1. The van der Waals surface area contributed by atoms with Gasteiger partial charge in [-0.15, -0.1) is 0 Å². The van der Waals surface area contributed by atoms with Crippen LogP contribution in [0.3, 0.4) is 0 Å². The lowest BCUT2D eigenvalue weighted by atomic mass is 9.86. The van der Waals surface area contributed by atoms with Gasteiger partial charge in [0.15, 0.2) is 5.78 Å². The largest absolute Gasteiger partial charge is 0.293 e. The maximum atomic E-state index is 12.5. The summed E-state index contributed by atoms with van der Waals surface area (Å²) in [6.45, 7) is 7.56. The van der Waals surface area contributed by atoms with Crippen LogP contribution in [0, 0.1) is 0 Å². The number of thioether (sulfide) groups is 1. The summed E-state index contributed by atoms with van der Waals surface area (Å²) >= 11 is 1.32. The summed E-state index contributed by atoms with van der Waals surface area (Å²) in [5.41, 5.74) is 1.92. The van der Waals surface area contributed by atoms with Crippen molar-refractivity contribution in [2.24, 2.45) is 0 Å². The van der Waals surface area contributed by atoms with Crippen LogP contribution >= 0.6 is 11.8 Å². The molecule has 2 aromatic rings. The third kappa shape index (κ3) is 4.82. The highest BCUT2D eigenvalue weighted by atomic mass is 32.2. The zero-order valence-electron chi connectivity index (χ0n) is 16.5. The smallest absolute Gasteiger partial charge is 0.244 e. The maximum absolute atomic E-state index is 12.5. The standard InChI is InChI=1S/C21H26N2O3S2/c1-21(2,3)17-8-6-16(7-9-17)19(24)15-27-20-11-10-18(14-22-20)28(25,26)23-12-4-5-13-23/h6-11,14H,4-5,12-13,15H2,1-3H3. The second-order valence-electron chi connectivity index (χ2n) is 7.98. The van der Waals surface area contributed by atoms with Gasteiger partial charge in [0.2, 0.25) is 10.0 Å². The SMILES string of the molecule is CC(C)(C)c1ccc(C(=O)CSc2ccc(S(=O)(=O)N3CCCC3)cn2)cc1. The molecule has 2 heterocycles. The molecule has 150 valence electrons. The first-order valence-corrected chi connectivity index (χ1v) is 11.8. The van der Waals surface area contributed by atoms with Gasteiger partial charge < -0.3 is 0 Å². The monoisotopic (exact) mass is 418 g/mol. The molecule has 3 rings (SSSR count). The molecule has 1 aromatic carbocycles. The molecular weight excluding hydrogens is 392 g/mol. The van der Waals surface area contributed by atoms with Gasteiger partial charge in [-0.25, -0.2) is 13.4 Å². The average molecular weight is 419 g/mol. The van der Waals surface area contributed by atoms with E-state index in [1.807, 2.05) is 24.3 Å². The van der Waals surface area contributed by atoms with Crippen LogP contribution in [0.15, 0.2) is 52.5 Å². The number of benzene rings is 1. The molecule has 5 nitrogen and oxygen atoms in total. The third-order valence-corrected chi connectivity index (χ3v) is 7.66. The highest BCUT2D eigenvalue weighted by Crippen LogP contribution is 2.25. The molecule has 1 fully saturated rings. The molecule has 0 N–H and O–H groups in total. The van der Waals surface area contributed by atoms with Crippen LogP contribution in [0.25, 0.3) is 0 Å². The fourth-order valence-electron chi connectivity index (χ4n) is 3.06. The predicted molar refractivity (Wildman–Crippen MR) is 112 cm³/mol. The van der Waals surface area contributed by atoms with Gasteiger partial charge in [-0.1, -0.05) is 56.8 Å². The molecule has 0 amide bonds. The molecule has 0 aliphatic carbocycles. The number of ketones is 1. The van der Waals surface area contributed by atoms with Gasteiger partial charge in [-0.2, -0.15) is 4.31 Å². The second kappa shape index (κ2) is 8.35. The topological polar surface area (TPSA) is 67.3 Å². The minimum absolute atomic E-state index is 0.0287. The van der Waals surface area contributed by atoms with Crippen molar-refractivity contribution in [3.8, 4) is 0 Å². The summed E-state index contributed by atoms with van der Waals surface area (Å²) in [6.07, 6.45) is 3.19. The molecule has 1 saturated heterocycles. The highest BCUT2D eigenvalue weighted by Gasteiger charge is 2.27. The zero-order chi connectivity index (χ0) is 20.4. The quantitative estimate of drug-likeness (QED) is 0.521. The van der Waals surface area contributed by atoms with Crippen molar-refractivity contribution < 1.29 is 13.2 Å². The van der Waals surface area contributed by atoms with Gasteiger partial charge in [0.25, 0.3) is 0 Å². The molecule has 0 unspecified atom stereocenters. The van der Waals surface area contributed by atoms with Crippen LogP contribution in [-0.2, 0) is 15.4 Å². The number of pyridine rings is 1. The minimum atomic E-state index is -3.45. The first kappa shape index (κ1) is 21.0. The normalized spacial score (nSPS) is 15.7. The molecule has 1 aromatic heterocycles. The average Bonchev–Trinajstić information content (AvgIpc) is 3.21. The number of sulfonamides is 1. The number of carbonyl (C=O) groups is 1. The van der Waals surface area contributed by atoms with Gasteiger partial charge >= 0.3 is 0 Å². The van der Waals surface area contributed by atoms with Crippen LogP contribution in [0.2, 0.25) is 0 Å². The summed E-state index contributed by atoms with van der Waals surface area (Å²) in [5, 5.41) is 0.639. The predicted octanol–water partition coefficient (Wildman–Crippen LogP) is 4.14. The van der Waals surface area contributed by atoms with E-state index in [-0.39, 0.29) is 21.8 Å². The van der Waals surface area contributed by atoms with Gasteiger partial charge in [-0.05, 0) is 36.0 Å². The first-order valence-electron chi connectivity index (χ1n) is 9.41.